The number of hydrogen-bond acceptors (Lipinski definition) is 2. The molecule has 2 amide bonds. The first-order valence-electron chi connectivity index (χ1n) is 3.53. The van der Waals surface area contributed by atoms with E-state index in [-0.39, 0.29) is 18.0 Å². The molecule has 0 saturated heterocycles. The number of primary amides is 1. The van der Waals surface area contributed by atoms with E-state index in [2.05, 4.69) is 5.10 Å². The summed E-state index contributed by atoms with van der Waals surface area (Å²) in [5, 5.41) is 3.41. The summed E-state index contributed by atoms with van der Waals surface area (Å²) < 4.78 is 12.9. The number of benzene rings is 1. The third kappa shape index (κ3) is 3.86. The predicted molar refractivity (Wildman–Crippen MR) is 54.0 cm³/mol. The highest BCUT2D eigenvalue weighted by atomic mass is 35.5. The van der Waals surface area contributed by atoms with Crippen molar-refractivity contribution >= 4 is 24.7 Å². The molecule has 0 unspecified atom stereocenters. The third-order valence-corrected chi connectivity index (χ3v) is 1.28. The molecular weight excluding hydrogens is 209 g/mol. The van der Waals surface area contributed by atoms with E-state index in [1.807, 2.05) is 5.43 Å². The highest BCUT2D eigenvalue weighted by Crippen LogP contribution is 2.02. The van der Waals surface area contributed by atoms with E-state index < -0.39 is 11.8 Å². The Bertz CT molecular complexity index is 343. The van der Waals surface area contributed by atoms with Gasteiger partial charge in [-0.05, 0) is 6.07 Å². The van der Waals surface area contributed by atoms with Crippen LogP contribution in [0.4, 0.5) is 9.18 Å². The molecule has 1 rings (SSSR count). The molecule has 0 radical (unpaired) electrons. The molecule has 3 N–H and O–H groups in total. The van der Waals surface area contributed by atoms with Gasteiger partial charge in [-0.1, -0.05) is 18.2 Å². The van der Waals surface area contributed by atoms with Crippen molar-refractivity contribution in [2.75, 3.05) is 0 Å². The van der Waals surface area contributed by atoms with Gasteiger partial charge in [-0.3, -0.25) is 0 Å². The van der Waals surface area contributed by atoms with Gasteiger partial charge in [0.05, 0.1) is 6.21 Å². The first-order valence-corrected chi connectivity index (χ1v) is 3.53. The van der Waals surface area contributed by atoms with Crippen molar-refractivity contribution in [1.29, 1.82) is 0 Å². The van der Waals surface area contributed by atoms with E-state index in [0.717, 1.165) is 0 Å². The normalized spacial score (nSPS) is 9.50. The zero-order chi connectivity index (χ0) is 9.68. The van der Waals surface area contributed by atoms with E-state index in [1.54, 1.807) is 12.1 Å². The number of hydrogen-bond donors (Lipinski definition) is 2. The summed E-state index contributed by atoms with van der Waals surface area (Å²) in [6.07, 6.45) is 1.18. The summed E-state index contributed by atoms with van der Waals surface area (Å²) in [7, 11) is 0. The third-order valence-electron chi connectivity index (χ3n) is 1.28. The minimum absolute atomic E-state index is 0. The van der Waals surface area contributed by atoms with Crippen LogP contribution in [0, 0.1) is 5.82 Å². The molecule has 0 aliphatic carbocycles. The van der Waals surface area contributed by atoms with E-state index in [9.17, 15) is 9.18 Å². The van der Waals surface area contributed by atoms with Crippen LogP contribution in [0.1, 0.15) is 5.56 Å². The van der Waals surface area contributed by atoms with Crippen molar-refractivity contribution in [1.82, 2.24) is 5.43 Å². The van der Waals surface area contributed by atoms with Gasteiger partial charge in [0.2, 0.25) is 0 Å². The second-order valence-corrected chi connectivity index (χ2v) is 2.26. The van der Waals surface area contributed by atoms with Crippen LogP contribution in [0.25, 0.3) is 0 Å². The number of halogens is 2. The number of amides is 2. The lowest BCUT2D eigenvalue weighted by Crippen LogP contribution is -2.24. The number of nitrogens with two attached hydrogens (primary N) is 1. The first-order chi connectivity index (χ1) is 6.20. The molecule has 14 heavy (non-hydrogen) atoms. The number of rotatable bonds is 2. The molecule has 0 spiro atoms. The number of nitrogens with zero attached hydrogens (tertiary/aromatic N) is 1. The van der Waals surface area contributed by atoms with Gasteiger partial charge in [-0.25, -0.2) is 14.6 Å². The minimum Gasteiger partial charge on any atom is -0.350 e. The van der Waals surface area contributed by atoms with Crippen molar-refractivity contribution in [2.45, 2.75) is 0 Å². The molecule has 0 heterocycles. The van der Waals surface area contributed by atoms with Crippen molar-refractivity contribution in [3.8, 4) is 0 Å². The molecule has 1 aromatic carbocycles. The van der Waals surface area contributed by atoms with Gasteiger partial charge in [0, 0.05) is 5.56 Å². The summed E-state index contributed by atoms with van der Waals surface area (Å²) in [5.74, 6) is -0.405. The quantitative estimate of drug-likeness (QED) is 0.568. The first kappa shape index (κ1) is 12.4. The smallest absolute Gasteiger partial charge is 0.332 e. The second-order valence-electron chi connectivity index (χ2n) is 2.26. The van der Waals surface area contributed by atoms with Gasteiger partial charge < -0.3 is 5.73 Å². The average Bonchev–Trinajstić information content (AvgIpc) is 2.08. The summed E-state index contributed by atoms with van der Waals surface area (Å²) in [6, 6.07) is 5.27. The van der Waals surface area contributed by atoms with Crippen LogP contribution in [0.3, 0.4) is 0 Å². The zero-order valence-electron chi connectivity index (χ0n) is 7.11. The number of carbonyl (C=O) groups is 1. The lowest BCUT2D eigenvalue weighted by Gasteiger charge is -1.94. The van der Waals surface area contributed by atoms with Gasteiger partial charge in [0.25, 0.3) is 0 Å². The molecule has 0 aliphatic rings. The van der Waals surface area contributed by atoms with Crippen LogP contribution in [-0.4, -0.2) is 12.2 Å². The van der Waals surface area contributed by atoms with E-state index in [4.69, 9.17) is 5.73 Å². The van der Waals surface area contributed by atoms with Crippen molar-refractivity contribution < 1.29 is 9.18 Å². The number of nitrogens with one attached hydrogen (secondary N) is 1. The molecule has 1 aromatic rings. The fraction of sp³-hybridized carbons (Fsp3) is 0. The zero-order valence-corrected chi connectivity index (χ0v) is 7.92. The van der Waals surface area contributed by atoms with Crippen LogP contribution in [0.2, 0.25) is 0 Å². The van der Waals surface area contributed by atoms with Gasteiger partial charge >= 0.3 is 6.03 Å². The predicted octanol–water partition coefficient (Wildman–Crippen LogP) is 1.25. The minimum atomic E-state index is -0.785. The monoisotopic (exact) mass is 217 g/mol. The molecule has 6 heteroatoms. The lowest BCUT2D eigenvalue weighted by atomic mass is 10.2. The second kappa shape index (κ2) is 5.93. The van der Waals surface area contributed by atoms with E-state index in [1.165, 1.54) is 18.3 Å². The van der Waals surface area contributed by atoms with Crippen molar-refractivity contribution in [2.24, 2.45) is 10.8 Å². The Morgan fingerprint density at radius 3 is 2.71 bits per heavy atom. The molecule has 0 saturated carbocycles. The number of carbonyl (C=O) groups excluding carboxylic acids is 1. The number of urea groups is 1. The fourth-order valence-corrected chi connectivity index (χ4v) is 0.745. The maximum absolute atomic E-state index is 12.9. The standard InChI is InChI=1S/C8H8FN3O.ClH/c9-7-4-2-1-3-6(7)5-11-12-8(10)13;/h1-5H,(H3,10,12,13);1H/b11-5+;. The maximum Gasteiger partial charge on any atom is 0.332 e. The lowest BCUT2D eigenvalue weighted by molar-refractivity contribution is 0.249. The van der Waals surface area contributed by atoms with Gasteiger partial charge in [0.1, 0.15) is 5.82 Å². The fourth-order valence-electron chi connectivity index (χ4n) is 0.745. The van der Waals surface area contributed by atoms with Gasteiger partial charge in [0.15, 0.2) is 0 Å². The van der Waals surface area contributed by atoms with Crippen LogP contribution in [0.15, 0.2) is 29.4 Å². The summed E-state index contributed by atoms with van der Waals surface area (Å²) >= 11 is 0. The van der Waals surface area contributed by atoms with Gasteiger partial charge in [-0.2, -0.15) is 5.10 Å². The van der Waals surface area contributed by atoms with E-state index >= 15 is 0 Å². The van der Waals surface area contributed by atoms with Crippen LogP contribution >= 0.6 is 12.4 Å². The Morgan fingerprint density at radius 1 is 1.50 bits per heavy atom. The Kier molecular flexibility index (Phi) is 5.24. The maximum atomic E-state index is 12.9. The Balaban J connectivity index is 0.00000169. The molecule has 0 aromatic heterocycles. The Morgan fingerprint density at radius 2 is 2.14 bits per heavy atom. The SMILES string of the molecule is Cl.NC(=O)N/N=C/c1ccccc1F. The number of hydrazone groups is 1. The summed E-state index contributed by atoms with van der Waals surface area (Å²) in [6.45, 7) is 0. The molecule has 0 fully saturated rings. The van der Waals surface area contributed by atoms with E-state index in [0.29, 0.717) is 0 Å². The molecule has 76 valence electrons. The Labute approximate surface area is 86.4 Å². The molecule has 0 aliphatic heterocycles. The van der Waals surface area contributed by atoms with Crippen LogP contribution in [-0.2, 0) is 0 Å². The molecular formula is C8H9ClFN3O. The molecule has 0 bridgehead atoms. The highest BCUT2D eigenvalue weighted by Gasteiger charge is 1.95. The van der Waals surface area contributed by atoms with Crippen LogP contribution < -0.4 is 11.2 Å². The van der Waals surface area contributed by atoms with Crippen LogP contribution in [0.5, 0.6) is 0 Å². The van der Waals surface area contributed by atoms with Crippen molar-refractivity contribution in [3.63, 3.8) is 0 Å². The molecule has 0 atom stereocenters. The largest absolute Gasteiger partial charge is 0.350 e. The summed E-state index contributed by atoms with van der Waals surface area (Å²) in [4.78, 5) is 10.2. The van der Waals surface area contributed by atoms with Gasteiger partial charge in [-0.15, -0.1) is 12.4 Å². The Hall–Kier alpha value is -1.62. The van der Waals surface area contributed by atoms with Crippen molar-refractivity contribution in [3.05, 3.63) is 35.6 Å². The highest BCUT2D eigenvalue weighted by molar-refractivity contribution is 5.85. The summed E-state index contributed by atoms with van der Waals surface area (Å²) in [5.41, 5.74) is 6.99. The molecule has 4 nitrogen and oxygen atoms in total. The average molecular weight is 218 g/mol. The topological polar surface area (TPSA) is 67.5 Å².